The highest BCUT2D eigenvalue weighted by atomic mass is 16.6. The van der Waals surface area contributed by atoms with Crippen molar-refractivity contribution in [3.05, 3.63) is 311 Å². The average molecular weight is 1760 g/mol. The summed E-state index contributed by atoms with van der Waals surface area (Å²) in [5.41, 5.74) is 3.68. The van der Waals surface area contributed by atoms with Crippen LogP contribution in [0.25, 0.3) is 43.1 Å². The zero-order chi connectivity index (χ0) is 88.6. The van der Waals surface area contributed by atoms with Crippen molar-refractivity contribution in [3.63, 3.8) is 0 Å². The van der Waals surface area contributed by atoms with E-state index in [2.05, 4.69) is 0 Å². The SMILES string of the molecule is O=C(OC1CCCCC1)C(c1ccco1)N1C(=O)c2cc(Oc3ccc(Oc4cccc(CC5CO5)c4)cc3)c3c4c(Oc5ccc(Oc6cccc(CC7CO7)c6)cc5)cc5c6c(cc(Oc7ccc(Oc8cccc(CC9CO9)c8)cc7)c(c7c(Oc8ccc(Oc9cccc(CC%10CO%10)c9)cc8)cc(c2c37)C1=O)c64)C(=O)N(C(C(=O)OC1CCCCC1)c1ccco1)C5=O. The Morgan fingerprint density at radius 2 is 0.530 bits per heavy atom. The van der Waals surface area contributed by atoms with Crippen molar-refractivity contribution in [2.75, 3.05) is 26.4 Å². The second-order valence-electron chi connectivity index (χ2n) is 34.8. The summed E-state index contributed by atoms with van der Waals surface area (Å²) < 4.78 is 103. The van der Waals surface area contributed by atoms with Gasteiger partial charge in [-0.3, -0.25) is 29.0 Å². The molecule has 15 aromatic rings. The zero-order valence-electron chi connectivity index (χ0n) is 71.5. The number of carbonyl (C=O) groups excluding carboxylic acids is 6. The lowest BCUT2D eigenvalue weighted by molar-refractivity contribution is -0.157. The molecule has 6 fully saturated rings. The third-order valence-electron chi connectivity index (χ3n) is 25.4. The molecule has 0 radical (unpaired) electrons. The van der Waals surface area contributed by atoms with Crippen LogP contribution in [0, 0.1) is 0 Å². The Labute approximate surface area is 756 Å². The van der Waals surface area contributed by atoms with Gasteiger partial charge in [0.25, 0.3) is 23.6 Å². The van der Waals surface area contributed by atoms with Gasteiger partial charge in [0.2, 0.25) is 0 Å². The van der Waals surface area contributed by atoms with Crippen LogP contribution in [0.1, 0.15) is 151 Å². The highest BCUT2D eigenvalue weighted by Crippen LogP contribution is 2.59. The lowest BCUT2D eigenvalue weighted by atomic mass is 9.80. The van der Waals surface area contributed by atoms with Crippen molar-refractivity contribution in [1.82, 2.24) is 9.80 Å². The first-order valence-electron chi connectivity index (χ1n) is 45.0. The van der Waals surface area contributed by atoms with Gasteiger partial charge in [0.15, 0.2) is 12.1 Å². The van der Waals surface area contributed by atoms with E-state index < -0.39 is 59.9 Å². The van der Waals surface area contributed by atoms with Gasteiger partial charge in [0, 0.05) is 68.8 Å². The predicted molar refractivity (Wildman–Crippen MR) is 483 cm³/mol. The van der Waals surface area contributed by atoms with Crippen molar-refractivity contribution in [1.29, 1.82) is 0 Å². The first-order valence-corrected chi connectivity index (χ1v) is 45.0. The molecule has 4 saturated heterocycles. The van der Waals surface area contributed by atoms with Crippen LogP contribution in [0.15, 0.2) is 264 Å². The number of carbonyl (C=O) groups is 6. The van der Waals surface area contributed by atoms with Gasteiger partial charge >= 0.3 is 11.9 Å². The number of rotatable bonds is 32. The van der Waals surface area contributed by atoms with Gasteiger partial charge in [-0.1, -0.05) is 61.4 Å². The number of furan rings is 2. The average Bonchev–Trinajstić information content (AvgIpc) is 1.47. The Hall–Kier alpha value is -14.8. The first-order chi connectivity index (χ1) is 64.8. The van der Waals surface area contributed by atoms with E-state index in [1.165, 1.54) is 48.9 Å². The molecule has 2 saturated carbocycles. The van der Waals surface area contributed by atoms with Gasteiger partial charge in [-0.05, 0) is 268 Å². The third-order valence-corrected chi connectivity index (χ3v) is 25.4. The minimum absolute atomic E-state index is 0.0407. The molecule has 0 spiro atoms. The van der Waals surface area contributed by atoms with Crippen LogP contribution in [0.2, 0.25) is 0 Å². The highest BCUT2D eigenvalue weighted by molar-refractivity contribution is 6.45. The second-order valence-corrected chi connectivity index (χ2v) is 34.8. The fraction of sp³-hybridized carbons (Fsp3) is 0.241. The summed E-state index contributed by atoms with van der Waals surface area (Å²) in [6.07, 6.45) is 12.4. The maximum atomic E-state index is 16.9. The van der Waals surface area contributed by atoms with Gasteiger partial charge < -0.3 is 75.2 Å². The van der Waals surface area contributed by atoms with Crippen LogP contribution in [0.4, 0.5) is 0 Å². The van der Waals surface area contributed by atoms with Gasteiger partial charge in [-0.25, -0.2) is 9.59 Å². The predicted octanol–water partition coefficient (Wildman–Crippen LogP) is 23.5. The first kappa shape index (κ1) is 81.7. The highest BCUT2D eigenvalue weighted by Gasteiger charge is 2.50. The number of hydrogen-bond donors (Lipinski definition) is 0. The van der Waals surface area contributed by atoms with E-state index in [-0.39, 0.29) is 147 Å². The van der Waals surface area contributed by atoms with Crippen LogP contribution in [0.5, 0.6) is 92.0 Å². The standard InChI is InChI=1S/C108H86N2O22/c111-103-83-53-89(127-71-35-27-67(28-36-71)123-75-21-7-13-61(45-75)49-79-57-119-79)95-97-91(129-73-39-31-69(32-40-73)125-77-23-9-15-63(47-77)51-81-59-121-81)55-85-94-86(106(114)110(105(85)113)102(88-26-12-44-118-88)108(116)132-66-19-5-2-6-20-66)56-92(130-74-41-33-70(34-42-74)126-78-24-10-16-64(48-78)52-82-60-122-82)98(100(94)97)96-90(128-72-37-29-68(30-38-72)124-76-22-8-14-62(46-76)50-80-58-120-80)54-84(93(83)99(95)96)104(112)109(103)101(87-25-11-43-117-87)107(115)131-65-17-3-1-4-18-65/h7-16,21-48,53-56,65-66,79-82,101-102H,1-6,17-20,49-52,57-60H2. The molecule has 6 aliphatic heterocycles. The summed E-state index contributed by atoms with van der Waals surface area (Å²) in [4.78, 5) is 100. The molecule has 8 heterocycles. The topological polar surface area (TPSA) is 278 Å². The molecule has 0 bridgehead atoms. The Morgan fingerprint density at radius 3 is 0.765 bits per heavy atom. The molecule has 2 aromatic heterocycles. The van der Waals surface area contributed by atoms with Crippen molar-refractivity contribution in [2.24, 2.45) is 0 Å². The summed E-state index contributed by atoms with van der Waals surface area (Å²) in [6, 6.07) is 67.5. The molecule has 2 aliphatic carbocycles. The third kappa shape index (κ3) is 16.8. The quantitative estimate of drug-likeness (QED) is 0.0124. The minimum atomic E-state index is -1.78. The maximum absolute atomic E-state index is 16.9. The Morgan fingerprint density at radius 1 is 0.280 bits per heavy atom. The number of esters is 2. The number of nitrogens with zero attached hydrogens (tertiary/aromatic N) is 2. The van der Waals surface area contributed by atoms with Crippen molar-refractivity contribution in [2.45, 2.75) is 139 Å². The van der Waals surface area contributed by atoms with E-state index in [0.29, 0.717) is 98.1 Å². The number of hydrogen-bond acceptors (Lipinski definition) is 22. The van der Waals surface area contributed by atoms with E-state index >= 15 is 28.8 Å². The molecule has 24 nitrogen and oxygen atoms in total. The largest absolute Gasteiger partial charge is 0.466 e. The molecule has 13 aromatic carbocycles. The number of benzene rings is 13. The molecule has 0 N–H and O–H groups in total. The summed E-state index contributed by atoms with van der Waals surface area (Å²) in [5, 5.41) is 1.11. The molecule has 23 rings (SSSR count). The number of ether oxygens (including phenoxy) is 14. The lowest BCUT2D eigenvalue weighted by Gasteiger charge is -2.35. The summed E-state index contributed by atoms with van der Waals surface area (Å²) >= 11 is 0. The normalized spacial score (nSPS) is 18.5. The molecule has 4 amide bonds. The number of imide groups is 2. The van der Waals surface area contributed by atoms with Crippen LogP contribution >= 0.6 is 0 Å². The molecule has 660 valence electrons. The van der Waals surface area contributed by atoms with E-state index in [9.17, 15) is 0 Å². The fourth-order valence-electron chi connectivity index (χ4n) is 18.8. The molecule has 24 heteroatoms. The zero-order valence-corrected chi connectivity index (χ0v) is 71.5. The second kappa shape index (κ2) is 34.6. The number of amides is 4. The van der Waals surface area contributed by atoms with Gasteiger partial charge in [-0.2, -0.15) is 0 Å². The fourth-order valence-corrected chi connectivity index (χ4v) is 18.8. The smallest absolute Gasteiger partial charge is 0.337 e. The summed E-state index contributed by atoms with van der Waals surface area (Å²) in [5.74, 6) is -0.794. The van der Waals surface area contributed by atoms with E-state index in [4.69, 9.17) is 75.2 Å². The number of epoxide rings is 4. The maximum Gasteiger partial charge on any atom is 0.337 e. The van der Waals surface area contributed by atoms with E-state index in [0.717, 1.165) is 96.3 Å². The molecule has 6 atom stereocenters. The Kier molecular flexibility index (Phi) is 21.4. The molecule has 6 unspecified atom stereocenters. The molecule has 132 heavy (non-hydrogen) atoms. The Balaban J connectivity index is 0.776. The molecular formula is C108H86N2O22. The van der Waals surface area contributed by atoms with Gasteiger partial charge in [0.1, 0.15) is 116 Å². The molecular weight excluding hydrogens is 1680 g/mol. The van der Waals surface area contributed by atoms with Gasteiger partial charge in [-0.15, -0.1) is 0 Å². The van der Waals surface area contributed by atoms with Crippen LogP contribution in [-0.2, 0) is 63.7 Å². The minimum Gasteiger partial charge on any atom is -0.466 e. The summed E-state index contributed by atoms with van der Waals surface area (Å²) in [7, 11) is 0. The Bertz CT molecular complexity index is 6230. The summed E-state index contributed by atoms with van der Waals surface area (Å²) in [6.45, 7) is 2.74. The lowest BCUT2D eigenvalue weighted by Crippen LogP contribution is -2.46. The van der Waals surface area contributed by atoms with Crippen molar-refractivity contribution < 1.29 is 104 Å². The van der Waals surface area contributed by atoms with Gasteiger partial charge in [0.05, 0.1) is 85.6 Å². The monoisotopic (exact) mass is 1760 g/mol. The van der Waals surface area contributed by atoms with Crippen LogP contribution in [0.3, 0.4) is 0 Å². The number of fused-ring (bicyclic) bond motifs is 2. The van der Waals surface area contributed by atoms with Crippen LogP contribution < -0.4 is 37.9 Å². The van der Waals surface area contributed by atoms with Crippen molar-refractivity contribution >= 4 is 78.7 Å². The van der Waals surface area contributed by atoms with Crippen LogP contribution in [-0.4, -0.2) is 108 Å². The van der Waals surface area contributed by atoms with E-state index in [1.807, 2.05) is 97.1 Å². The van der Waals surface area contributed by atoms with Crippen molar-refractivity contribution in [3.8, 4) is 92.0 Å². The van der Waals surface area contributed by atoms with E-state index in [1.54, 1.807) is 109 Å². The molecule has 8 aliphatic rings.